The lowest BCUT2D eigenvalue weighted by Gasteiger charge is -2.24. The lowest BCUT2D eigenvalue weighted by molar-refractivity contribution is -0.131. The van der Waals surface area contributed by atoms with Crippen molar-refractivity contribution in [1.82, 2.24) is 15.2 Å². The van der Waals surface area contributed by atoms with Gasteiger partial charge in [-0.2, -0.15) is 0 Å². The lowest BCUT2D eigenvalue weighted by Crippen LogP contribution is -2.41. The average Bonchev–Trinajstić information content (AvgIpc) is 3.34. The van der Waals surface area contributed by atoms with E-state index in [1.165, 1.54) is 0 Å². The van der Waals surface area contributed by atoms with E-state index in [1.807, 2.05) is 35.5 Å². The fraction of sp³-hybridized carbons (Fsp3) is 0.444. The number of benzene rings is 1. The van der Waals surface area contributed by atoms with Crippen molar-refractivity contribution in [3.63, 3.8) is 0 Å². The third-order valence-corrected chi connectivity index (χ3v) is 5.58. The van der Waals surface area contributed by atoms with Gasteiger partial charge in [0.25, 0.3) is 0 Å². The zero-order valence-corrected chi connectivity index (χ0v) is 17.4. The molecule has 1 saturated heterocycles. The number of rotatable bonds is 5. The fourth-order valence-electron chi connectivity index (χ4n) is 3.42. The van der Waals surface area contributed by atoms with Crippen LogP contribution in [0.4, 0.5) is 0 Å². The van der Waals surface area contributed by atoms with Gasteiger partial charge in [0.2, 0.25) is 12.7 Å². The maximum Gasteiger partial charge on any atom is 0.231 e. The Bertz CT molecular complexity index is 787. The highest BCUT2D eigenvalue weighted by atomic mass is 35.5. The van der Waals surface area contributed by atoms with Gasteiger partial charge in [-0.3, -0.25) is 4.79 Å². The minimum atomic E-state index is 0. The highest BCUT2D eigenvalue weighted by Crippen LogP contribution is 2.36. The third-order valence-electron chi connectivity index (χ3n) is 4.64. The summed E-state index contributed by atoms with van der Waals surface area (Å²) in [7, 11) is 1.93. The number of carbonyl (C=O) groups excluding carboxylic acids is 1. The van der Waals surface area contributed by atoms with Gasteiger partial charge in [0.05, 0.1) is 12.1 Å². The number of likely N-dealkylation sites (tertiary alicyclic amines) is 1. The number of hydrogen-bond acceptors (Lipinski definition) is 6. The molecule has 0 saturated carbocycles. The predicted molar refractivity (Wildman–Crippen MR) is 111 cm³/mol. The summed E-state index contributed by atoms with van der Waals surface area (Å²) >= 11 is 1.55. The monoisotopic (exact) mass is 431 g/mol. The van der Waals surface area contributed by atoms with Gasteiger partial charge in [-0.15, -0.1) is 36.2 Å². The van der Waals surface area contributed by atoms with Crippen molar-refractivity contribution in [2.24, 2.45) is 0 Å². The number of fused-ring (bicyclic) bond motifs is 1. The quantitative estimate of drug-likeness (QED) is 0.787. The number of carbonyl (C=O) groups is 1. The van der Waals surface area contributed by atoms with Crippen LogP contribution >= 0.6 is 36.2 Å². The zero-order valence-electron chi connectivity index (χ0n) is 15.0. The molecule has 1 unspecified atom stereocenters. The van der Waals surface area contributed by atoms with Gasteiger partial charge in [0.15, 0.2) is 11.5 Å². The normalized spacial score (nSPS) is 17.4. The smallest absolute Gasteiger partial charge is 0.231 e. The van der Waals surface area contributed by atoms with E-state index in [9.17, 15) is 4.79 Å². The molecule has 148 valence electrons. The Kier molecular flexibility index (Phi) is 7.73. The number of aromatic nitrogens is 1. The molecule has 4 rings (SSSR count). The summed E-state index contributed by atoms with van der Waals surface area (Å²) in [5.41, 5.74) is 1.82. The van der Waals surface area contributed by atoms with E-state index in [0.29, 0.717) is 12.5 Å². The average molecular weight is 432 g/mol. The van der Waals surface area contributed by atoms with E-state index >= 15 is 0 Å². The summed E-state index contributed by atoms with van der Waals surface area (Å²) in [6.07, 6.45) is 2.52. The Morgan fingerprint density at radius 2 is 2.15 bits per heavy atom. The highest BCUT2D eigenvalue weighted by molar-refractivity contribution is 7.13. The SMILES string of the molecule is CNCC1CCCN1C(=O)Cc1csc(-c2ccc3c(c2)OCO3)n1.Cl.Cl. The Labute approximate surface area is 175 Å². The van der Waals surface area contributed by atoms with Crippen LogP contribution in [0.5, 0.6) is 11.5 Å². The number of amides is 1. The number of halogens is 2. The van der Waals surface area contributed by atoms with Crippen LogP contribution < -0.4 is 14.8 Å². The first kappa shape index (κ1) is 21.8. The summed E-state index contributed by atoms with van der Waals surface area (Å²) in [5, 5.41) is 6.05. The number of ether oxygens (including phenoxy) is 2. The van der Waals surface area contributed by atoms with E-state index in [0.717, 1.165) is 53.7 Å². The van der Waals surface area contributed by atoms with E-state index < -0.39 is 0 Å². The first-order valence-electron chi connectivity index (χ1n) is 8.53. The van der Waals surface area contributed by atoms with Gasteiger partial charge in [0.1, 0.15) is 5.01 Å². The van der Waals surface area contributed by atoms with Gasteiger partial charge in [-0.25, -0.2) is 4.98 Å². The number of nitrogens with zero attached hydrogens (tertiary/aromatic N) is 2. The predicted octanol–water partition coefficient (Wildman–Crippen LogP) is 3.14. The Balaban J connectivity index is 0.00000131. The molecule has 0 radical (unpaired) electrons. The van der Waals surface area contributed by atoms with E-state index in [2.05, 4.69) is 10.3 Å². The molecule has 0 spiro atoms. The lowest BCUT2D eigenvalue weighted by atomic mass is 10.2. The van der Waals surface area contributed by atoms with Crippen LogP contribution in [0.25, 0.3) is 10.6 Å². The molecule has 27 heavy (non-hydrogen) atoms. The second kappa shape index (κ2) is 9.59. The molecular formula is C18H23Cl2N3O3S. The number of likely N-dealkylation sites (N-methyl/N-ethyl adjacent to an activating group) is 1. The molecule has 1 atom stereocenters. The minimum Gasteiger partial charge on any atom is -0.454 e. The van der Waals surface area contributed by atoms with Crippen LogP contribution in [-0.4, -0.2) is 48.8 Å². The van der Waals surface area contributed by atoms with Crippen molar-refractivity contribution < 1.29 is 14.3 Å². The van der Waals surface area contributed by atoms with Gasteiger partial charge < -0.3 is 19.7 Å². The molecular weight excluding hydrogens is 409 g/mol. The highest BCUT2D eigenvalue weighted by Gasteiger charge is 2.28. The summed E-state index contributed by atoms with van der Waals surface area (Å²) in [6, 6.07) is 6.12. The van der Waals surface area contributed by atoms with Gasteiger partial charge >= 0.3 is 0 Å². The molecule has 1 N–H and O–H groups in total. The topological polar surface area (TPSA) is 63.7 Å². The molecule has 2 aliphatic heterocycles. The molecule has 3 heterocycles. The van der Waals surface area contributed by atoms with Crippen molar-refractivity contribution in [2.45, 2.75) is 25.3 Å². The maximum atomic E-state index is 12.6. The number of nitrogens with one attached hydrogen (secondary N) is 1. The molecule has 2 aromatic rings. The third kappa shape index (κ3) is 4.66. The van der Waals surface area contributed by atoms with Crippen molar-refractivity contribution in [1.29, 1.82) is 0 Å². The van der Waals surface area contributed by atoms with E-state index in [4.69, 9.17) is 9.47 Å². The summed E-state index contributed by atoms with van der Waals surface area (Å²) in [4.78, 5) is 19.3. The second-order valence-corrected chi connectivity index (χ2v) is 7.19. The van der Waals surface area contributed by atoms with Gasteiger partial charge in [-0.05, 0) is 38.1 Å². The Morgan fingerprint density at radius 3 is 2.96 bits per heavy atom. The number of hydrogen-bond donors (Lipinski definition) is 1. The molecule has 1 aromatic heterocycles. The molecule has 1 amide bonds. The van der Waals surface area contributed by atoms with Crippen molar-refractivity contribution in [3.05, 3.63) is 29.3 Å². The Morgan fingerprint density at radius 1 is 1.33 bits per heavy atom. The van der Waals surface area contributed by atoms with E-state index in [-0.39, 0.29) is 37.5 Å². The maximum absolute atomic E-state index is 12.6. The molecule has 1 fully saturated rings. The second-order valence-electron chi connectivity index (χ2n) is 6.33. The first-order valence-corrected chi connectivity index (χ1v) is 9.41. The number of thiazole rings is 1. The van der Waals surface area contributed by atoms with Crippen molar-refractivity contribution in [2.75, 3.05) is 26.9 Å². The largest absolute Gasteiger partial charge is 0.454 e. The van der Waals surface area contributed by atoms with Crippen LogP contribution in [0.1, 0.15) is 18.5 Å². The summed E-state index contributed by atoms with van der Waals surface area (Å²) in [6.45, 7) is 1.97. The van der Waals surface area contributed by atoms with Crippen LogP contribution in [0.15, 0.2) is 23.6 Å². The minimum absolute atomic E-state index is 0. The molecule has 0 bridgehead atoms. The van der Waals surface area contributed by atoms with Gasteiger partial charge in [0, 0.05) is 30.1 Å². The molecule has 6 nitrogen and oxygen atoms in total. The van der Waals surface area contributed by atoms with E-state index in [1.54, 1.807) is 11.3 Å². The van der Waals surface area contributed by atoms with Crippen LogP contribution in [0, 0.1) is 0 Å². The zero-order chi connectivity index (χ0) is 17.2. The Hall–Kier alpha value is -1.54. The van der Waals surface area contributed by atoms with Crippen molar-refractivity contribution >= 4 is 42.1 Å². The molecule has 1 aromatic carbocycles. The molecule has 9 heteroatoms. The van der Waals surface area contributed by atoms with Crippen LogP contribution in [0.3, 0.4) is 0 Å². The summed E-state index contributed by atoms with van der Waals surface area (Å²) in [5.74, 6) is 1.68. The fourth-order valence-corrected chi connectivity index (χ4v) is 4.24. The molecule has 0 aliphatic carbocycles. The molecule has 2 aliphatic rings. The van der Waals surface area contributed by atoms with Crippen LogP contribution in [0.2, 0.25) is 0 Å². The van der Waals surface area contributed by atoms with Gasteiger partial charge in [-0.1, -0.05) is 0 Å². The summed E-state index contributed by atoms with van der Waals surface area (Å²) < 4.78 is 10.8. The standard InChI is InChI=1S/C18H21N3O3S.2ClH/c1-19-9-14-3-2-6-21(14)17(22)8-13-10-25-18(20-13)12-4-5-15-16(7-12)24-11-23-15;;/h4-5,7,10,14,19H,2-3,6,8-9,11H2,1H3;2*1H. The van der Waals surface area contributed by atoms with Crippen molar-refractivity contribution in [3.8, 4) is 22.1 Å². The first-order chi connectivity index (χ1) is 12.2. The van der Waals surface area contributed by atoms with Crippen LogP contribution in [-0.2, 0) is 11.2 Å².